The van der Waals surface area contributed by atoms with Gasteiger partial charge in [0, 0.05) is 28.0 Å². The second-order valence-corrected chi connectivity index (χ2v) is 11.9. The minimum atomic E-state index is -4.51. The summed E-state index contributed by atoms with van der Waals surface area (Å²) in [4.78, 5) is 50.2. The summed E-state index contributed by atoms with van der Waals surface area (Å²) in [6.45, 7) is -0.501. The molecule has 1 amide bonds. The fourth-order valence-corrected chi connectivity index (χ4v) is 5.93. The van der Waals surface area contributed by atoms with Crippen LogP contribution in [0.1, 0.15) is 92.6 Å². The largest absolute Gasteiger partial charge is 0.479 e. The van der Waals surface area contributed by atoms with E-state index in [1.807, 2.05) is 24.3 Å². The first-order valence-electron chi connectivity index (χ1n) is 14.2. The molecule has 3 aromatic carbocycles. The van der Waals surface area contributed by atoms with Crippen LogP contribution in [0.3, 0.4) is 0 Å². The predicted molar refractivity (Wildman–Crippen MR) is 159 cm³/mol. The molecule has 0 spiro atoms. The average Bonchev–Trinajstić information content (AvgIpc) is 3.01. The second kappa shape index (κ2) is 14.7. The van der Waals surface area contributed by atoms with Crippen molar-refractivity contribution in [1.82, 2.24) is 5.32 Å². The Morgan fingerprint density at radius 3 is 2.11 bits per heavy atom. The second-order valence-electron chi connectivity index (χ2n) is 10.8. The van der Waals surface area contributed by atoms with Crippen molar-refractivity contribution in [2.24, 2.45) is 0 Å². The molecular formula is C33H32F3NO6S. The van der Waals surface area contributed by atoms with Crippen molar-refractivity contribution in [1.29, 1.82) is 0 Å². The third-order valence-corrected chi connectivity index (χ3v) is 8.40. The number of carboxylic acid groups (broad SMARTS) is 1. The number of amides is 1. The first-order valence-corrected chi connectivity index (χ1v) is 15.0. The number of carbonyl (C=O) groups excluding carboxylic acids is 3. The van der Waals surface area contributed by atoms with Gasteiger partial charge in [-0.1, -0.05) is 67.8 Å². The topological polar surface area (TPSA) is 121 Å². The normalized spacial score (nSPS) is 15.3. The predicted octanol–water partition coefficient (Wildman–Crippen LogP) is 6.76. The minimum absolute atomic E-state index is 0.0615. The zero-order valence-electron chi connectivity index (χ0n) is 23.7. The fourth-order valence-electron chi connectivity index (χ4n) is 5.33. The Morgan fingerprint density at radius 2 is 1.50 bits per heavy atom. The van der Waals surface area contributed by atoms with Gasteiger partial charge in [0.25, 0.3) is 5.91 Å². The molecule has 3 N–H and O–H groups in total. The summed E-state index contributed by atoms with van der Waals surface area (Å²) >= 11 is -0.319. The van der Waals surface area contributed by atoms with Crippen LogP contribution < -0.4 is 5.32 Å². The molecule has 1 fully saturated rings. The lowest BCUT2D eigenvalue weighted by atomic mass is 9.81. The van der Waals surface area contributed by atoms with E-state index in [9.17, 15) is 37.5 Å². The van der Waals surface area contributed by atoms with Crippen molar-refractivity contribution in [2.45, 2.75) is 66.9 Å². The van der Waals surface area contributed by atoms with Crippen LogP contribution in [0, 0.1) is 0 Å². The summed E-state index contributed by atoms with van der Waals surface area (Å²) < 4.78 is 38.8. The van der Waals surface area contributed by atoms with Crippen LogP contribution >= 0.6 is 11.8 Å². The summed E-state index contributed by atoms with van der Waals surface area (Å²) in [6.07, 6.45) is 3.64. The van der Waals surface area contributed by atoms with Crippen molar-refractivity contribution in [2.75, 3.05) is 6.54 Å². The molecule has 2 unspecified atom stereocenters. The van der Waals surface area contributed by atoms with Crippen molar-refractivity contribution < 1.29 is 42.6 Å². The number of carboxylic acids is 1. The van der Waals surface area contributed by atoms with Gasteiger partial charge in [0.15, 0.2) is 17.7 Å². The number of carbonyl (C=O) groups is 4. The van der Waals surface area contributed by atoms with Crippen LogP contribution in [0.5, 0.6) is 0 Å². The fraction of sp³-hybridized carbons (Fsp3) is 0.333. The number of nitrogens with one attached hydrogen (secondary N) is 1. The number of halogens is 3. The van der Waals surface area contributed by atoms with E-state index in [1.165, 1.54) is 55.0 Å². The minimum Gasteiger partial charge on any atom is -0.479 e. The third-order valence-electron chi connectivity index (χ3n) is 7.68. The van der Waals surface area contributed by atoms with Gasteiger partial charge in [-0.05, 0) is 65.9 Å². The first-order chi connectivity index (χ1) is 20.9. The lowest BCUT2D eigenvalue weighted by molar-refractivity contribution is -0.146. The number of benzene rings is 3. The van der Waals surface area contributed by atoms with Crippen molar-refractivity contribution >= 4 is 35.2 Å². The number of rotatable bonds is 12. The smallest absolute Gasteiger partial charge is 0.446 e. The molecule has 1 aliphatic rings. The van der Waals surface area contributed by atoms with Gasteiger partial charge in [-0.25, -0.2) is 4.79 Å². The summed E-state index contributed by atoms with van der Waals surface area (Å²) in [5.41, 5.74) is -2.37. The van der Waals surface area contributed by atoms with Crippen LogP contribution in [0.25, 0.3) is 0 Å². The van der Waals surface area contributed by atoms with Crippen LogP contribution in [0.2, 0.25) is 0 Å². The van der Waals surface area contributed by atoms with Crippen LogP contribution in [0.15, 0.2) is 77.7 Å². The van der Waals surface area contributed by atoms with Gasteiger partial charge in [-0.3, -0.25) is 14.4 Å². The Kier molecular flexibility index (Phi) is 11.0. The molecule has 1 saturated carbocycles. The molecule has 3 aromatic rings. The van der Waals surface area contributed by atoms with Crippen LogP contribution in [0.4, 0.5) is 13.2 Å². The van der Waals surface area contributed by atoms with Crippen LogP contribution in [-0.2, 0) is 4.79 Å². The Labute approximate surface area is 256 Å². The zero-order valence-corrected chi connectivity index (χ0v) is 24.5. The Morgan fingerprint density at radius 1 is 0.864 bits per heavy atom. The highest BCUT2D eigenvalue weighted by Crippen LogP contribution is 2.38. The van der Waals surface area contributed by atoms with Crippen molar-refractivity contribution in [3.05, 3.63) is 101 Å². The number of Topliss-reactive ketones (excluding diaryl/α,β-unsaturated/α-hetero) is 2. The number of hydrogen-bond donors (Lipinski definition) is 3. The lowest BCUT2D eigenvalue weighted by Crippen LogP contribution is -2.36. The van der Waals surface area contributed by atoms with Gasteiger partial charge >= 0.3 is 11.5 Å². The number of aliphatic carboxylic acids is 1. The average molecular weight is 628 g/mol. The van der Waals surface area contributed by atoms with E-state index in [4.69, 9.17) is 5.11 Å². The maximum absolute atomic E-state index is 13.8. The van der Waals surface area contributed by atoms with Gasteiger partial charge in [-0.2, -0.15) is 13.2 Å². The van der Waals surface area contributed by atoms with E-state index in [0.717, 1.165) is 31.2 Å². The molecule has 0 saturated heterocycles. The summed E-state index contributed by atoms with van der Waals surface area (Å²) in [5, 5.41) is 20.5. The van der Waals surface area contributed by atoms with E-state index in [0.29, 0.717) is 11.5 Å². The highest BCUT2D eigenvalue weighted by atomic mass is 32.2. The molecular weight excluding hydrogens is 595 g/mol. The van der Waals surface area contributed by atoms with Crippen molar-refractivity contribution in [3.63, 3.8) is 0 Å². The van der Waals surface area contributed by atoms with Crippen molar-refractivity contribution in [3.8, 4) is 0 Å². The quantitative estimate of drug-likeness (QED) is 0.150. The van der Waals surface area contributed by atoms with Gasteiger partial charge in [-0.15, -0.1) is 0 Å². The van der Waals surface area contributed by atoms with Gasteiger partial charge in [0.1, 0.15) is 0 Å². The third kappa shape index (κ3) is 9.03. The first kappa shape index (κ1) is 32.9. The number of aliphatic hydroxyl groups is 1. The standard InChI is InChI=1S/C33H32F3NO6S/c34-33(35,36)44-26-8-4-7-25(17-26)28(38)18-27(22-11-9-21(10-12-22)20-5-2-1-3-6-20)30(40)23-13-15-24(16-14-23)31(41)37-19-29(39)32(42)43/h4,7-17,20,27,29,39H,1-3,5-6,18-19H2,(H,37,41)(H,42,43). The monoisotopic (exact) mass is 627 g/mol. The number of hydrogen-bond acceptors (Lipinski definition) is 6. The molecule has 4 rings (SSSR count). The summed E-state index contributed by atoms with van der Waals surface area (Å²) in [5.74, 6) is -3.53. The SMILES string of the molecule is O=C(CC(C(=O)c1ccc(C(=O)NCC(O)C(=O)O)cc1)c1ccc(C2CCCCC2)cc1)c1cccc(SC(F)(F)F)c1. The Balaban J connectivity index is 1.57. The van der Waals surface area contributed by atoms with E-state index in [-0.39, 0.29) is 39.8 Å². The number of aliphatic hydroxyl groups excluding tert-OH is 1. The number of thioether (sulfide) groups is 1. The maximum atomic E-state index is 13.8. The Bertz CT molecular complexity index is 1480. The highest BCUT2D eigenvalue weighted by molar-refractivity contribution is 8.00. The van der Waals surface area contributed by atoms with E-state index < -0.39 is 47.5 Å². The van der Waals surface area contributed by atoms with Crippen LogP contribution in [-0.4, -0.2) is 51.8 Å². The molecule has 0 heterocycles. The van der Waals surface area contributed by atoms with E-state index in [1.54, 1.807) is 0 Å². The van der Waals surface area contributed by atoms with Gasteiger partial charge in [0.05, 0.1) is 12.5 Å². The highest BCUT2D eigenvalue weighted by Gasteiger charge is 2.30. The summed E-state index contributed by atoms with van der Waals surface area (Å²) in [7, 11) is 0. The molecule has 0 aliphatic heterocycles. The maximum Gasteiger partial charge on any atom is 0.446 e. The molecule has 44 heavy (non-hydrogen) atoms. The van der Waals surface area contributed by atoms with E-state index >= 15 is 0 Å². The molecule has 0 aromatic heterocycles. The molecule has 0 radical (unpaired) electrons. The molecule has 0 bridgehead atoms. The zero-order chi connectivity index (χ0) is 31.9. The number of alkyl halides is 3. The van der Waals surface area contributed by atoms with E-state index in [2.05, 4.69) is 5.32 Å². The van der Waals surface area contributed by atoms with Gasteiger partial charge < -0.3 is 15.5 Å². The summed E-state index contributed by atoms with van der Waals surface area (Å²) in [6, 6.07) is 18.4. The molecule has 232 valence electrons. The molecule has 7 nitrogen and oxygen atoms in total. The molecule has 2 atom stereocenters. The Hall–Kier alpha value is -3.96. The number of ketones is 2. The molecule has 11 heteroatoms. The van der Waals surface area contributed by atoms with Gasteiger partial charge in [0.2, 0.25) is 0 Å². The lowest BCUT2D eigenvalue weighted by Gasteiger charge is -2.23. The molecule has 1 aliphatic carbocycles.